The lowest BCUT2D eigenvalue weighted by Gasteiger charge is -2.17. The van der Waals surface area contributed by atoms with Gasteiger partial charge in [0.1, 0.15) is 12.0 Å². The van der Waals surface area contributed by atoms with Crippen LogP contribution in [0.1, 0.15) is 11.1 Å². The Bertz CT molecular complexity index is 893. The van der Waals surface area contributed by atoms with Gasteiger partial charge in [0, 0.05) is 19.7 Å². The lowest BCUT2D eigenvalue weighted by molar-refractivity contribution is -0.391. The molecule has 0 amide bonds. The van der Waals surface area contributed by atoms with Gasteiger partial charge in [-0.15, -0.1) is 0 Å². The maximum absolute atomic E-state index is 13.6. The molecular formula is C15H14FN5O2. The molecule has 0 bridgehead atoms. The second kappa shape index (κ2) is 5.64. The van der Waals surface area contributed by atoms with E-state index in [0.29, 0.717) is 23.6 Å². The molecule has 0 spiro atoms. The Kier molecular flexibility index (Phi) is 3.65. The van der Waals surface area contributed by atoms with E-state index in [-0.39, 0.29) is 11.6 Å². The summed E-state index contributed by atoms with van der Waals surface area (Å²) in [6.07, 6.45) is 1.17. The Morgan fingerprint density at radius 1 is 1.35 bits per heavy atom. The van der Waals surface area contributed by atoms with Gasteiger partial charge in [-0.3, -0.25) is 0 Å². The van der Waals surface area contributed by atoms with Crippen LogP contribution in [0.25, 0.3) is 5.65 Å². The number of hydrogen-bond donors (Lipinski definition) is 0. The number of imidazole rings is 1. The highest BCUT2D eigenvalue weighted by Crippen LogP contribution is 2.18. The first kappa shape index (κ1) is 14.9. The van der Waals surface area contributed by atoms with Crippen molar-refractivity contribution in [3.8, 4) is 0 Å². The highest BCUT2D eigenvalue weighted by Gasteiger charge is 2.17. The SMILES string of the molecule is Cc1ccc(CN(C)c2ccc3ncc([N+](=O)[O-])n3n2)cc1F. The van der Waals surface area contributed by atoms with Gasteiger partial charge < -0.3 is 15.0 Å². The Labute approximate surface area is 131 Å². The first-order valence-corrected chi connectivity index (χ1v) is 6.91. The molecule has 2 aromatic heterocycles. The summed E-state index contributed by atoms with van der Waals surface area (Å²) in [7, 11) is 1.79. The molecule has 2 heterocycles. The lowest BCUT2D eigenvalue weighted by atomic mass is 10.1. The minimum Gasteiger partial charge on any atom is -0.358 e. The van der Waals surface area contributed by atoms with Crippen LogP contribution in [0.4, 0.5) is 16.0 Å². The molecule has 3 aromatic rings. The fourth-order valence-corrected chi connectivity index (χ4v) is 2.27. The van der Waals surface area contributed by atoms with Gasteiger partial charge in [0.2, 0.25) is 5.65 Å². The second-order valence-corrected chi connectivity index (χ2v) is 5.27. The fourth-order valence-electron chi connectivity index (χ4n) is 2.27. The molecule has 0 fully saturated rings. The highest BCUT2D eigenvalue weighted by molar-refractivity contribution is 5.49. The van der Waals surface area contributed by atoms with Gasteiger partial charge in [-0.1, -0.05) is 21.7 Å². The molecule has 3 rings (SSSR count). The van der Waals surface area contributed by atoms with Crippen molar-refractivity contribution in [1.82, 2.24) is 14.6 Å². The third kappa shape index (κ3) is 2.83. The molecule has 23 heavy (non-hydrogen) atoms. The number of hydrogen-bond acceptors (Lipinski definition) is 5. The molecule has 8 heteroatoms. The van der Waals surface area contributed by atoms with Gasteiger partial charge in [-0.05, 0) is 35.1 Å². The minimum atomic E-state index is -0.536. The predicted octanol–water partition coefficient (Wildman–Crippen LogP) is 2.72. The van der Waals surface area contributed by atoms with Crippen LogP contribution in [0.2, 0.25) is 0 Å². The maximum Gasteiger partial charge on any atom is 0.368 e. The van der Waals surface area contributed by atoms with Crippen LogP contribution in [0.15, 0.2) is 36.5 Å². The van der Waals surface area contributed by atoms with Crippen LogP contribution in [-0.4, -0.2) is 26.6 Å². The van der Waals surface area contributed by atoms with Crippen LogP contribution < -0.4 is 4.90 Å². The normalized spacial score (nSPS) is 10.9. The summed E-state index contributed by atoms with van der Waals surface area (Å²) < 4.78 is 14.8. The maximum atomic E-state index is 13.6. The van der Waals surface area contributed by atoms with Crippen LogP contribution >= 0.6 is 0 Å². The predicted molar refractivity (Wildman–Crippen MR) is 82.9 cm³/mol. The summed E-state index contributed by atoms with van der Waals surface area (Å²) in [5.41, 5.74) is 1.78. The van der Waals surface area contributed by atoms with Gasteiger partial charge in [0.25, 0.3) is 0 Å². The van der Waals surface area contributed by atoms with Crippen molar-refractivity contribution in [2.75, 3.05) is 11.9 Å². The van der Waals surface area contributed by atoms with E-state index in [2.05, 4.69) is 10.1 Å². The van der Waals surface area contributed by atoms with E-state index in [9.17, 15) is 14.5 Å². The smallest absolute Gasteiger partial charge is 0.358 e. The average Bonchev–Trinajstić information content (AvgIpc) is 2.94. The number of fused-ring (bicyclic) bond motifs is 1. The first-order chi connectivity index (χ1) is 11.0. The number of nitro groups is 1. The number of halogens is 1. The van der Waals surface area contributed by atoms with Crippen LogP contribution in [0, 0.1) is 22.9 Å². The molecular weight excluding hydrogens is 301 g/mol. The molecule has 1 aromatic carbocycles. The minimum absolute atomic E-state index is 0.198. The number of benzene rings is 1. The van der Waals surface area contributed by atoms with Crippen LogP contribution in [0.3, 0.4) is 0 Å². The Balaban J connectivity index is 1.90. The number of anilines is 1. The Hall–Kier alpha value is -3.03. The molecule has 0 N–H and O–H groups in total. The van der Waals surface area contributed by atoms with Crippen molar-refractivity contribution in [2.24, 2.45) is 0 Å². The van der Waals surface area contributed by atoms with Crippen molar-refractivity contribution in [3.63, 3.8) is 0 Å². The third-order valence-electron chi connectivity index (χ3n) is 3.56. The zero-order valence-corrected chi connectivity index (χ0v) is 12.6. The van der Waals surface area contributed by atoms with E-state index in [1.54, 1.807) is 37.1 Å². The Morgan fingerprint density at radius 3 is 2.83 bits per heavy atom. The van der Waals surface area contributed by atoms with E-state index < -0.39 is 4.92 Å². The van der Waals surface area contributed by atoms with Crippen molar-refractivity contribution < 1.29 is 9.31 Å². The highest BCUT2D eigenvalue weighted by atomic mass is 19.1. The van der Waals surface area contributed by atoms with Crippen molar-refractivity contribution in [2.45, 2.75) is 13.5 Å². The molecule has 0 aliphatic carbocycles. The zero-order chi connectivity index (χ0) is 16.6. The van der Waals surface area contributed by atoms with Gasteiger partial charge in [0.05, 0.1) is 0 Å². The molecule has 0 saturated heterocycles. The van der Waals surface area contributed by atoms with Crippen LogP contribution in [-0.2, 0) is 6.54 Å². The van der Waals surface area contributed by atoms with Gasteiger partial charge >= 0.3 is 5.82 Å². The Morgan fingerprint density at radius 2 is 2.13 bits per heavy atom. The first-order valence-electron chi connectivity index (χ1n) is 6.91. The summed E-state index contributed by atoms with van der Waals surface area (Å²) in [5.74, 6) is 0.0702. The molecule has 0 aliphatic rings. The van der Waals surface area contributed by atoms with Gasteiger partial charge in [-0.25, -0.2) is 9.37 Å². The summed E-state index contributed by atoms with van der Waals surface area (Å²) in [6, 6.07) is 8.41. The number of aromatic nitrogens is 3. The monoisotopic (exact) mass is 315 g/mol. The second-order valence-electron chi connectivity index (χ2n) is 5.27. The van der Waals surface area contributed by atoms with Crippen molar-refractivity contribution in [3.05, 3.63) is 63.6 Å². The van der Waals surface area contributed by atoms with E-state index in [1.165, 1.54) is 16.8 Å². The molecule has 7 nitrogen and oxygen atoms in total. The van der Waals surface area contributed by atoms with E-state index in [1.807, 2.05) is 6.07 Å². The van der Waals surface area contributed by atoms with Crippen LogP contribution in [0.5, 0.6) is 0 Å². The van der Waals surface area contributed by atoms with E-state index >= 15 is 0 Å². The standard InChI is InChI=1S/C15H14FN5O2/c1-10-3-4-11(7-12(10)16)9-19(2)14-6-5-13-17-8-15(21(22)23)20(13)18-14/h3-8H,9H2,1-2H3. The molecule has 118 valence electrons. The van der Waals surface area contributed by atoms with Crippen molar-refractivity contribution in [1.29, 1.82) is 0 Å². The number of aryl methyl sites for hydroxylation is 1. The van der Waals surface area contributed by atoms with E-state index in [0.717, 1.165) is 5.56 Å². The summed E-state index contributed by atoms with van der Waals surface area (Å²) >= 11 is 0. The number of rotatable bonds is 4. The molecule has 0 atom stereocenters. The third-order valence-corrected chi connectivity index (χ3v) is 3.56. The quantitative estimate of drug-likeness (QED) is 0.546. The van der Waals surface area contributed by atoms with Gasteiger partial charge in [-0.2, -0.15) is 0 Å². The molecule has 0 saturated carbocycles. The van der Waals surface area contributed by atoms with Gasteiger partial charge in [0.15, 0.2) is 5.82 Å². The lowest BCUT2D eigenvalue weighted by Crippen LogP contribution is -2.19. The topological polar surface area (TPSA) is 76.6 Å². The fraction of sp³-hybridized carbons (Fsp3) is 0.200. The van der Waals surface area contributed by atoms with E-state index in [4.69, 9.17) is 0 Å². The number of nitrogens with zero attached hydrogens (tertiary/aromatic N) is 5. The summed E-state index contributed by atoms with van der Waals surface area (Å²) in [6.45, 7) is 2.13. The molecule has 0 radical (unpaired) electrons. The summed E-state index contributed by atoms with van der Waals surface area (Å²) in [5, 5.41) is 15.2. The zero-order valence-electron chi connectivity index (χ0n) is 12.6. The summed E-state index contributed by atoms with van der Waals surface area (Å²) in [4.78, 5) is 16.2. The molecule has 0 aliphatic heterocycles. The average molecular weight is 315 g/mol. The molecule has 0 unspecified atom stereocenters. The van der Waals surface area contributed by atoms with Crippen molar-refractivity contribution >= 4 is 17.3 Å². The largest absolute Gasteiger partial charge is 0.368 e.